The van der Waals surface area contributed by atoms with Crippen molar-refractivity contribution in [2.75, 3.05) is 31.8 Å². The van der Waals surface area contributed by atoms with Crippen molar-refractivity contribution < 1.29 is 17.9 Å². The maximum atomic E-state index is 12.2. The van der Waals surface area contributed by atoms with Gasteiger partial charge in [-0.15, -0.1) is 0 Å². The fourth-order valence-electron chi connectivity index (χ4n) is 2.43. The van der Waals surface area contributed by atoms with Gasteiger partial charge in [0, 0.05) is 12.2 Å². The summed E-state index contributed by atoms with van der Waals surface area (Å²) in [5.41, 5.74) is 1.89. The quantitative estimate of drug-likeness (QED) is 0.747. The third-order valence-electron chi connectivity index (χ3n) is 3.87. The fraction of sp³-hybridized carbons (Fsp3) is 0.263. The van der Waals surface area contributed by atoms with Crippen LogP contribution >= 0.6 is 0 Å². The van der Waals surface area contributed by atoms with Crippen LogP contribution in [0.25, 0.3) is 0 Å². The zero-order valence-corrected chi connectivity index (χ0v) is 16.0. The summed E-state index contributed by atoms with van der Waals surface area (Å²) in [6.45, 7) is -0.115. The Morgan fingerprint density at radius 1 is 1.22 bits per heavy atom. The van der Waals surface area contributed by atoms with Crippen LogP contribution < -0.4 is 10.1 Å². The Labute approximate surface area is 159 Å². The molecule has 7 nitrogen and oxygen atoms in total. The van der Waals surface area contributed by atoms with Crippen molar-refractivity contribution in [1.29, 1.82) is 5.26 Å². The van der Waals surface area contributed by atoms with E-state index in [0.717, 1.165) is 16.1 Å². The van der Waals surface area contributed by atoms with Gasteiger partial charge in [0.1, 0.15) is 5.75 Å². The van der Waals surface area contributed by atoms with Crippen molar-refractivity contribution in [1.82, 2.24) is 4.31 Å². The van der Waals surface area contributed by atoms with Crippen molar-refractivity contribution in [3.8, 4) is 11.8 Å². The molecule has 0 saturated heterocycles. The molecule has 8 heteroatoms. The predicted molar refractivity (Wildman–Crippen MR) is 103 cm³/mol. The third kappa shape index (κ3) is 6.40. The molecule has 1 amide bonds. The van der Waals surface area contributed by atoms with Crippen LogP contribution in [0.5, 0.6) is 5.75 Å². The van der Waals surface area contributed by atoms with Gasteiger partial charge in [-0.2, -0.15) is 9.57 Å². The van der Waals surface area contributed by atoms with Crippen molar-refractivity contribution >= 4 is 21.6 Å². The number of hydrogen-bond acceptors (Lipinski definition) is 5. The number of hydrogen-bond donors (Lipinski definition) is 1. The van der Waals surface area contributed by atoms with Gasteiger partial charge in [0.15, 0.2) is 0 Å². The van der Waals surface area contributed by atoms with E-state index < -0.39 is 15.9 Å². The Morgan fingerprint density at radius 2 is 1.93 bits per heavy atom. The summed E-state index contributed by atoms with van der Waals surface area (Å²) in [5, 5.41) is 11.4. The number of benzene rings is 2. The molecule has 2 aromatic rings. The third-order valence-corrected chi connectivity index (χ3v) is 5.12. The van der Waals surface area contributed by atoms with Gasteiger partial charge >= 0.3 is 0 Å². The molecule has 0 fully saturated rings. The van der Waals surface area contributed by atoms with E-state index in [1.807, 2.05) is 30.3 Å². The average Bonchev–Trinajstić information content (AvgIpc) is 2.65. The number of nitrogens with zero attached hydrogens (tertiary/aromatic N) is 2. The molecule has 0 atom stereocenters. The number of nitrogens with one attached hydrogen (secondary N) is 1. The monoisotopic (exact) mass is 387 g/mol. The van der Waals surface area contributed by atoms with Crippen molar-refractivity contribution in [3.63, 3.8) is 0 Å². The Kier molecular flexibility index (Phi) is 6.93. The lowest BCUT2D eigenvalue weighted by Crippen LogP contribution is -2.38. The Morgan fingerprint density at radius 3 is 2.52 bits per heavy atom. The minimum absolute atomic E-state index is 0.173. The molecule has 2 rings (SSSR count). The van der Waals surface area contributed by atoms with Crippen LogP contribution in [-0.2, 0) is 21.2 Å². The van der Waals surface area contributed by atoms with E-state index in [1.165, 1.54) is 0 Å². The second-order valence-corrected chi connectivity index (χ2v) is 7.92. The van der Waals surface area contributed by atoms with Gasteiger partial charge in [0.05, 0.1) is 31.5 Å². The number of sulfonamides is 1. The average molecular weight is 387 g/mol. The van der Waals surface area contributed by atoms with E-state index in [-0.39, 0.29) is 13.1 Å². The summed E-state index contributed by atoms with van der Waals surface area (Å²) in [6.07, 6.45) is 1.53. The lowest BCUT2D eigenvalue weighted by molar-refractivity contribution is -0.116. The molecule has 0 aliphatic heterocycles. The highest BCUT2D eigenvalue weighted by Gasteiger charge is 2.20. The minimum atomic E-state index is -3.55. The van der Waals surface area contributed by atoms with Crippen LogP contribution in [0, 0.1) is 11.3 Å². The van der Waals surface area contributed by atoms with Crippen LogP contribution in [0.2, 0.25) is 0 Å². The first-order valence-electron chi connectivity index (χ1n) is 8.20. The number of ether oxygens (including phenoxy) is 1. The van der Waals surface area contributed by atoms with Gasteiger partial charge in [-0.05, 0) is 48.4 Å². The highest BCUT2D eigenvalue weighted by Crippen LogP contribution is 2.14. The molecular weight excluding hydrogens is 366 g/mol. The SMILES string of the molecule is COc1cccc(CCN(CC(=O)Nc2ccc(C#N)cc2)S(C)(=O)=O)c1. The number of methoxy groups -OCH3 is 1. The fourth-order valence-corrected chi connectivity index (χ4v) is 3.21. The number of anilines is 1. The zero-order chi connectivity index (χ0) is 19.9. The molecule has 0 spiro atoms. The van der Waals surface area contributed by atoms with Gasteiger partial charge in [-0.25, -0.2) is 8.42 Å². The second kappa shape index (κ2) is 9.16. The maximum Gasteiger partial charge on any atom is 0.239 e. The van der Waals surface area contributed by atoms with E-state index in [1.54, 1.807) is 31.4 Å². The van der Waals surface area contributed by atoms with Crippen LogP contribution in [-0.4, -0.2) is 45.1 Å². The standard InChI is InChI=1S/C19H21N3O4S/c1-26-18-5-3-4-15(12-18)10-11-22(27(2,24)25)14-19(23)21-17-8-6-16(13-20)7-9-17/h3-9,12H,10-11,14H2,1-2H3,(H,21,23). The van der Waals surface area contributed by atoms with E-state index in [0.29, 0.717) is 23.4 Å². The van der Waals surface area contributed by atoms with E-state index in [4.69, 9.17) is 10.00 Å². The topological polar surface area (TPSA) is 99.5 Å². The molecule has 0 bridgehead atoms. The molecule has 27 heavy (non-hydrogen) atoms. The molecule has 0 aliphatic rings. The normalized spacial score (nSPS) is 11.0. The molecule has 1 N–H and O–H groups in total. The highest BCUT2D eigenvalue weighted by atomic mass is 32.2. The molecule has 0 radical (unpaired) electrons. The maximum absolute atomic E-state index is 12.2. The summed E-state index contributed by atoms with van der Waals surface area (Å²) < 4.78 is 30.4. The highest BCUT2D eigenvalue weighted by molar-refractivity contribution is 7.88. The van der Waals surface area contributed by atoms with Crippen LogP contribution in [0.3, 0.4) is 0 Å². The number of nitriles is 1. The second-order valence-electron chi connectivity index (χ2n) is 5.94. The predicted octanol–water partition coefficient (Wildman–Crippen LogP) is 2.01. The smallest absolute Gasteiger partial charge is 0.239 e. The summed E-state index contributed by atoms with van der Waals surface area (Å²) in [7, 11) is -1.99. The summed E-state index contributed by atoms with van der Waals surface area (Å²) in [5.74, 6) is 0.243. The molecule has 0 heterocycles. The lowest BCUT2D eigenvalue weighted by Gasteiger charge is -2.19. The van der Waals surface area contributed by atoms with E-state index >= 15 is 0 Å². The van der Waals surface area contributed by atoms with E-state index in [9.17, 15) is 13.2 Å². The van der Waals surface area contributed by atoms with Gasteiger partial charge in [0.2, 0.25) is 15.9 Å². The first kappa shape index (κ1) is 20.4. The van der Waals surface area contributed by atoms with Gasteiger partial charge in [-0.3, -0.25) is 4.79 Å². The molecule has 0 aliphatic carbocycles. The molecular formula is C19H21N3O4S. The number of amides is 1. The molecule has 0 saturated carbocycles. The van der Waals surface area contributed by atoms with Gasteiger partial charge < -0.3 is 10.1 Å². The summed E-state index contributed by atoms with van der Waals surface area (Å²) >= 11 is 0. The molecule has 0 aromatic heterocycles. The largest absolute Gasteiger partial charge is 0.497 e. The summed E-state index contributed by atoms with van der Waals surface area (Å²) in [6, 6.07) is 15.7. The number of carbonyl (C=O) groups is 1. The van der Waals surface area contributed by atoms with E-state index in [2.05, 4.69) is 5.32 Å². The van der Waals surface area contributed by atoms with Crippen molar-refractivity contribution in [2.24, 2.45) is 0 Å². The van der Waals surface area contributed by atoms with Crippen LogP contribution in [0.4, 0.5) is 5.69 Å². The molecule has 2 aromatic carbocycles. The number of rotatable bonds is 8. The van der Waals surface area contributed by atoms with Gasteiger partial charge in [0.25, 0.3) is 0 Å². The van der Waals surface area contributed by atoms with Crippen molar-refractivity contribution in [2.45, 2.75) is 6.42 Å². The molecule has 142 valence electrons. The van der Waals surface area contributed by atoms with Gasteiger partial charge in [-0.1, -0.05) is 12.1 Å². The number of carbonyl (C=O) groups excluding carboxylic acids is 1. The zero-order valence-electron chi connectivity index (χ0n) is 15.2. The van der Waals surface area contributed by atoms with Crippen LogP contribution in [0.1, 0.15) is 11.1 Å². The summed E-state index contributed by atoms with van der Waals surface area (Å²) in [4.78, 5) is 12.2. The van der Waals surface area contributed by atoms with Crippen LogP contribution in [0.15, 0.2) is 48.5 Å². The first-order valence-corrected chi connectivity index (χ1v) is 10.0. The molecule has 0 unspecified atom stereocenters. The minimum Gasteiger partial charge on any atom is -0.497 e. The lowest BCUT2D eigenvalue weighted by atomic mass is 10.1. The Balaban J connectivity index is 2.00. The van der Waals surface area contributed by atoms with Crippen molar-refractivity contribution in [3.05, 3.63) is 59.7 Å². The Bertz CT molecular complexity index is 934. The first-order chi connectivity index (χ1) is 12.8. The Hall–Kier alpha value is -2.89.